The minimum Gasteiger partial charge on any atom is -0.467 e. The first kappa shape index (κ1) is 23.3. The summed E-state index contributed by atoms with van der Waals surface area (Å²) in [7, 11) is 2.92. The molecule has 0 radical (unpaired) electrons. The number of nitrogens with one attached hydrogen (secondary N) is 1. The molecule has 32 heavy (non-hydrogen) atoms. The molecule has 0 spiro atoms. The van der Waals surface area contributed by atoms with Gasteiger partial charge in [0, 0.05) is 24.7 Å². The lowest BCUT2D eigenvalue weighted by molar-refractivity contribution is -0.143. The summed E-state index contributed by atoms with van der Waals surface area (Å²) in [6.45, 7) is 5.18. The molecule has 1 aromatic heterocycles. The van der Waals surface area contributed by atoms with Gasteiger partial charge in [-0.3, -0.25) is 4.79 Å². The van der Waals surface area contributed by atoms with E-state index in [9.17, 15) is 19.2 Å². The minimum atomic E-state index is -0.948. The standard InChI is InChI=1S/C23H29N3O6/c1-23(2,3)32-21(29)24-17(20(28)31-5)13-14-9-11-15(12-10-14)26-19(27)16-7-6-8-18(16)25(4)22(26)30/h9-12,17H,6-8,13H2,1-5H3,(H,24,29)/t17-/m0/s1. The number of carbonyl (C=O) groups excluding carboxylic acids is 2. The van der Waals surface area contributed by atoms with E-state index in [1.165, 1.54) is 16.2 Å². The number of hydrogen-bond donors (Lipinski definition) is 1. The second-order valence-corrected chi connectivity index (χ2v) is 8.85. The van der Waals surface area contributed by atoms with Gasteiger partial charge in [0.1, 0.15) is 11.6 Å². The van der Waals surface area contributed by atoms with E-state index >= 15 is 0 Å². The average Bonchev–Trinajstić information content (AvgIpc) is 3.21. The molecule has 0 unspecified atom stereocenters. The molecular formula is C23H29N3O6. The Morgan fingerprint density at radius 1 is 1.12 bits per heavy atom. The van der Waals surface area contributed by atoms with Crippen LogP contribution in [0.1, 0.15) is 44.0 Å². The molecule has 1 N–H and O–H groups in total. The molecule has 1 atom stereocenters. The van der Waals surface area contributed by atoms with Crippen molar-refractivity contribution in [2.45, 2.75) is 58.1 Å². The van der Waals surface area contributed by atoms with Gasteiger partial charge < -0.3 is 19.4 Å². The molecule has 3 rings (SSSR count). The summed E-state index contributed by atoms with van der Waals surface area (Å²) >= 11 is 0. The van der Waals surface area contributed by atoms with E-state index in [1.54, 1.807) is 52.1 Å². The van der Waals surface area contributed by atoms with Crippen LogP contribution in [0, 0.1) is 0 Å². The third kappa shape index (κ3) is 4.92. The van der Waals surface area contributed by atoms with Crippen LogP contribution in [-0.2, 0) is 40.6 Å². The maximum atomic E-state index is 12.9. The lowest BCUT2D eigenvalue weighted by atomic mass is 10.1. The van der Waals surface area contributed by atoms with Crippen LogP contribution in [0.3, 0.4) is 0 Å². The van der Waals surface area contributed by atoms with Crippen molar-refractivity contribution in [1.29, 1.82) is 0 Å². The molecule has 1 aromatic carbocycles. The number of ether oxygens (including phenoxy) is 2. The van der Waals surface area contributed by atoms with E-state index in [2.05, 4.69) is 5.32 Å². The Labute approximate surface area is 186 Å². The highest BCUT2D eigenvalue weighted by Gasteiger charge is 2.26. The summed E-state index contributed by atoms with van der Waals surface area (Å²) in [5.41, 5.74) is 1.28. The molecule has 2 aromatic rings. The highest BCUT2D eigenvalue weighted by Crippen LogP contribution is 2.17. The van der Waals surface area contributed by atoms with E-state index in [1.807, 2.05) is 0 Å². The number of carbonyl (C=O) groups is 2. The normalized spacial score (nSPS) is 13.9. The molecular weight excluding hydrogens is 414 g/mol. The molecule has 0 aliphatic heterocycles. The van der Waals surface area contributed by atoms with E-state index in [-0.39, 0.29) is 17.7 Å². The molecule has 9 nitrogen and oxygen atoms in total. The lowest BCUT2D eigenvalue weighted by Crippen LogP contribution is -2.45. The van der Waals surface area contributed by atoms with Crippen LogP contribution in [-0.4, -0.2) is 39.9 Å². The molecule has 0 bridgehead atoms. The van der Waals surface area contributed by atoms with Crippen molar-refractivity contribution >= 4 is 12.1 Å². The smallest absolute Gasteiger partial charge is 0.408 e. The maximum Gasteiger partial charge on any atom is 0.408 e. The number of alkyl carbamates (subject to hydrolysis) is 1. The summed E-state index contributed by atoms with van der Waals surface area (Å²) in [6.07, 6.45) is 1.69. The van der Waals surface area contributed by atoms with E-state index in [4.69, 9.17) is 9.47 Å². The molecule has 0 saturated heterocycles. The van der Waals surface area contributed by atoms with Crippen molar-refractivity contribution in [3.05, 3.63) is 61.9 Å². The zero-order valence-corrected chi connectivity index (χ0v) is 19.1. The molecule has 1 amide bonds. The predicted octanol–water partition coefficient (Wildman–Crippen LogP) is 1.63. The maximum absolute atomic E-state index is 12.9. The second kappa shape index (κ2) is 9.02. The summed E-state index contributed by atoms with van der Waals surface area (Å²) in [5, 5.41) is 2.53. The zero-order chi connectivity index (χ0) is 23.6. The van der Waals surface area contributed by atoms with Gasteiger partial charge in [-0.15, -0.1) is 0 Å². The SMILES string of the molecule is COC(=O)[C@H](Cc1ccc(-n2c(=O)c3c(n(C)c2=O)CCC3)cc1)NC(=O)OC(C)(C)C. The van der Waals surface area contributed by atoms with Gasteiger partial charge in [-0.2, -0.15) is 0 Å². The Balaban J connectivity index is 1.84. The fourth-order valence-corrected chi connectivity index (χ4v) is 3.85. The van der Waals surface area contributed by atoms with Crippen molar-refractivity contribution in [3.8, 4) is 5.69 Å². The second-order valence-electron chi connectivity index (χ2n) is 8.85. The monoisotopic (exact) mass is 443 g/mol. The summed E-state index contributed by atoms with van der Waals surface area (Å²) in [5.74, 6) is -0.608. The molecule has 9 heteroatoms. The van der Waals surface area contributed by atoms with Crippen molar-refractivity contribution in [1.82, 2.24) is 14.5 Å². The van der Waals surface area contributed by atoms with Crippen molar-refractivity contribution in [2.24, 2.45) is 7.05 Å². The van der Waals surface area contributed by atoms with E-state index in [0.29, 0.717) is 23.2 Å². The number of fused-ring (bicyclic) bond motifs is 1. The van der Waals surface area contributed by atoms with Crippen LogP contribution in [0.15, 0.2) is 33.9 Å². The van der Waals surface area contributed by atoms with Crippen LogP contribution < -0.4 is 16.6 Å². The Morgan fingerprint density at radius 2 is 1.78 bits per heavy atom. The molecule has 172 valence electrons. The zero-order valence-electron chi connectivity index (χ0n) is 19.1. The lowest BCUT2D eigenvalue weighted by Gasteiger charge is -2.22. The van der Waals surface area contributed by atoms with Crippen LogP contribution in [0.4, 0.5) is 4.79 Å². The van der Waals surface area contributed by atoms with Gasteiger partial charge in [0.15, 0.2) is 0 Å². The average molecular weight is 444 g/mol. The fraction of sp³-hybridized carbons (Fsp3) is 0.478. The highest BCUT2D eigenvalue weighted by atomic mass is 16.6. The number of nitrogens with zero attached hydrogens (tertiary/aromatic N) is 2. The highest BCUT2D eigenvalue weighted by molar-refractivity contribution is 5.81. The van der Waals surface area contributed by atoms with Gasteiger partial charge in [-0.05, 0) is 57.7 Å². The molecule has 0 saturated carbocycles. The van der Waals surface area contributed by atoms with E-state index < -0.39 is 23.7 Å². The number of methoxy groups -OCH3 is 1. The minimum absolute atomic E-state index is 0.156. The summed E-state index contributed by atoms with van der Waals surface area (Å²) in [4.78, 5) is 49.9. The topological polar surface area (TPSA) is 109 Å². The quantitative estimate of drug-likeness (QED) is 0.704. The van der Waals surface area contributed by atoms with Crippen molar-refractivity contribution < 1.29 is 19.1 Å². The largest absolute Gasteiger partial charge is 0.467 e. The van der Waals surface area contributed by atoms with Gasteiger partial charge >= 0.3 is 17.8 Å². The third-order valence-corrected chi connectivity index (χ3v) is 5.34. The Morgan fingerprint density at radius 3 is 2.38 bits per heavy atom. The number of benzene rings is 1. The van der Waals surface area contributed by atoms with Gasteiger partial charge in [0.2, 0.25) is 0 Å². The number of hydrogen-bond acceptors (Lipinski definition) is 6. The van der Waals surface area contributed by atoms with Crippen LogP contribution in [0.2, 0.25) is 0 Å². The number of esters is 1. The van der Waals surface area contributed by atoms with Crippen molar-refractivity contribution in [2.75, 3.05) is 7.11 Å². The molecule has 1 heterocycles. The van der Waals surface area contributed by atoms with Crippen LogP contribution >= 0.6 is 0 Å². The molecule has 1 aliphatic carbocycles. The first-order chi connectivity index (χ1) is 15.0. The Kier molecular flexibility index (Phi) is 6.57. The number of amides is 1. The van der Waals surface area contributed by atoms with Crippen LogP contribution in [0.25, 0.3) is 5.69 Å². The summed E-state index contributed by atoms with van der Waals surface area (Å²) in [6, 6.07) is 5.78. The summed E-state index contributed by atoms with van der Waals surface area (Å²) < 4.78 is 12.7. The molecule has 0 fully saturated rings. The van der Waals surface area contributed by atoms with Crippen LogP contribution in [0.5, 0.6) is 0 Å². The fourth-order valence-electron chi connectivity index (χ4n) is 3.85. The first-order valence-electron chi connectivity index (χ1n) is 10.5. The predicted molar refractivity (Wildman–Crippen MR) is 118 cm³/mol. The van der Waals surface area contributed by atoms with Crippen molar-refractivity contribution in [3.63, 3.8) is 0 Å². The Hall–Kier alpha value is -3.36. The van der Waals surface area contributed by atoms with Gasteiger partial charge in [0.25, 0.3) is 5.56 Å². The molecule has 1 aliphatic rings. The van der Waals surface area contributed by atoms with Gasteiger partial charge in [-0.25, -0.2) is 19.0 Å². The number of aromatic nitrogens is 2. The third-order valence-electron chi connectivity index (χ3n) is 5.34. The van der Waals surface area contributed by atoms with E-state index in [0.717, 1.165) is 18.5 Å². The first-order valence-corrected chi connectivity index (χ1v) is 10.5. The van der Waals surface area contributed by atoms with Gasteiger partial charge in [0.05, 0.1) is 12.8 Å². The Bertz CT molecular complexity index is 1140. The van der Waals surface area contributed by atoms with Gasteiger partial charge in [-0.1, -0.05) is 12.1 Å². The number of rotatable bonds is 5.